The number of pyridine rings is 1. The van der Waals surface area contributed by atoms with E-state index in [1.54, 1.807) is 24.4 Å². The summed E-state index contributed by atoms with van der Waals surface area (Å²) in [5.74, 6) is 0.836. The first-order valence-corrected chi connectivity index (χ1v) is 9.02. The minimum absolute atomic E-state index is 0.303. The van der Waals surface area contributed by atoms with Crippen molar-refractivity contribution in [2.75, 3.05) is 16.8 Å². The van der Waals surface area contributed by atoms with Crippen molar-refractivity contribution >= 4 is 23.0 Å². The normalized spacial score (nSPS) is 13.0. The molecule has 0 atom stereocenters. The van der Waals surface area contributed by atoms with Crippen LogP contribution in [0.4, 0.5) is 27.4 Å². The topological polar surface area (TPSA) is 58.3 Å². The smallest absolute Gasteiger partial charge is 0.299 e. The molecule has 0 fully saturated rings. The maximum Gasteiger partial charge on any atom is 0.299 e. The van der Waals surface area contributed by atoms with Crippen LogP contribution in [0.1, 0.15) is 22.4 Å². The van der Waals surface area contributed by atoms with Crippen molar-refractivity contribution in [3.05, 3.63) is 76.1 Å². The number of nitrogens with one attached hydrogen (secondary N) is 1. The van der Waals surface area contributed by atoms with Crippen molar-refractivity contribution in [1.82, 2.24) is 15.2 Å². The van der Waals surface area contributed by atoms with E-state index in [-0.39, 0.29) is 5.82 Å². The molecule has 28 heavy (non-hydrogen) atoms. The van der Waals surface area contributed by atoms with Crippen LogP contribution >= 0.6 is 0 Å². The number of anilines is 3. The quantitative estimate of drug-likeness (QED) is 0.685. The predicted octanol–water partition coefficient (Wildman–Crippen LogP) is 4.48. The molecule has 7 heteroatoms. The van der Waals surface area contributed by atoms with Crippen LogP contribution in [0.3, 0.4) is 0 Å². The molecule has 1 aliphatic heterocycles. The first kappa shape index (κ1) is 17.9. The first-order chi connectivity index (χ1) is 13.6. The van der Waals surface area contributed by atoms with Gasteiger partial charge in [-0.25, -0.2) is 4.39 Å². The molecule has 0 saturated carbocycles. The summed E-state index contributed by atoms with van der Waals surface area (Å²) in [6.07, 6.45) is 2.53. The van der Waals surface area contributed by atoms with Gasteiger partial charge in [0.25, 0.3) is 5.82 Å². The molecule has 3 heterocycles. The summed E-state index contributed by atoms with van der Waals surface area (Å²) in [6.45, 7) is 12.5. The Hall–Kier alpha value is -3.53. The number of nitrogens with zero attached hydrogens (tertiary/aromatic N) is 5. The SMILES string of the molecule is [C-]#[N+]c1nnc(N2CCc3ncc(Nc4ccccc4F)cc3C2)c(C)c1C. The molecule has 1 aromatic carbocycles. The van der Waals surface area contributed by atoms with Gasteiger partial charge in [-0.05, 0) is 53.8 Å². The van der Waals surface area contributed by atoms with Gasteiger partial charge in [0.05, 0.1) is 17.6 Å². The van der Waals surface area contributed by atoms with Gasteiger partial charge in [-0.2, -0.15) is 0 Å². The largest absolute Gasteiger partial charge is 0.359 e. The Morgan fingerprint density at radius 2 is 2.00 bits per heavy atom. The Bertz CT molecular complexity index is 1090. The lowest BCUT2D eigenvalue weighted by atomic mass is 10.0. The van der Waals surface area contributed by atoms with Gasteiger partial charge >= 0.3 is 0 Å². The van der Waals surface area contributed by atoms with Crippen LogP contribution in [0, 0.1) is 26.2 Å². The van der Waals surface area contributed by atoms with E-state index in [9.17, 15) is 4.39 Å². The third-order valence-electron chi connectivity index (χ3n) is 5.07. The number of rotatable bonds is 3. The third-order valence-corrected chi connectivity index (χ3v) is 5.07. The maximum absolute atomic E-state index is 13.9. The van der Waals surface area contributed by atoms with Gasteiger partial charge < -0.3 is 15.1 Å². The number of fused-ring (bicyclic) bond motifs is 1. The van der Waals surface area contributed by atoms with E-state index in [0.29, 0.717) is 18.1 Å². The van der Waals surface area contributed by atoms with Crippen molar-refractivity contribution in [3.8, 4) is 0 Å². The number of aromatic nitrogens is 3. The van der Waals surface area contributed by atoms with Gasteiger partial charge in [-0.1, -0.05) is 18.7 Å². The van der Waals surface area contributed by atoms with Crippen molar-refractivity contribution < 1.29 is 4.39 Å². The monoisotopic (exact) mass is 374 g/mol. The maximum atomic E-state index is 13.9. The van der Waals surface area contributed by atoms with Crippen molar-refractivity contribution in [2.24, 2.45) is 0 Å². The van der Waals surface area contributed by atoms with Gasteiger partial charge in [0.1, 0.15) is 5.82 Å². The van der Waals surface area contributed by atoms with Crippen LogP contribution in [0.2, 0.25) is 0 Å². The van der Waals surface area contributed by atoms with Gasteiger partial charge in [0.15, 0.2) is 5.82 Å². The van der Waals surface area contributed by atoms with Gasteiger partial charge in [0.2, 0.25) is 0 Å². The first-order valence-electron chi connectivity index (χ1n) is 9.02. The van der Waals surface area contributed by atoms with E-state index >= 15 is 0 Å². The molecule has 4 rings (SSSR count). The summed E-state index contributed by atoms with van der Waals surface area (Å²) in [5.41, 5.74) is 5.10. The Labute approximate surface area is 162 Å². The highest BCUT2D eigenvalue weighted by molar-refractivity contribution is 5.62. The van der Waals surface area contributed by atoms with E-state index in [0.717, 1.165) is 46.9 Å². The molecule has 0 aliphatic carbocycles. The summed E-state index contributed by atoms with van der Waals surface area (Å²) in [7, 11) is 0. The highest BCUT2D eigenvalue weighted by atomic mass is 19.1. The minimum Gasteiger partial charge on any atom is -0.359 e. The summed E-state index contributed by atoms with van der Waals surface area (Å²) in [5, 5.41) is 11.4. The second kappa shape index (κ2) is 7.24. The fourth-order valence-electron chi connectivity index (χ4n) is 3.38. The van der Waals surface area contributed by atoms with Crippen molar-refractivity contribution in [3.63, 3.8) is 0 Å². The van der Waals surface area contributed by atoms with E-state index in [4.69, 9.17) is 6.57 Å². The molecule has 1 N–H and O–H groups in total. The molecule has 0 bridgehead atoms. The molecule has 0 saturated heterocycles. The number of halogens is 1. The van der Waals surface area contributed by atoms with Crippen LogP contribution in [0.15, 0.2) is 36.5 Å². The van der Waals surface area contributed by atoms with Gasteiger partial charge in [0, 0.05) is 30.3 Å². The van der Waals surface area contributed by atoms with E-state index < -0.39 is 0 Å². The lowest BCUT2D eigenvalue weighted by molar-refractivity contribution is 0.632. The zero-order chi connectivity index (χ0) is 19.7. The minimum atomic E-state index is -0.303. The lowest BCUT2D eigenvalue weighted by Crippen LogP contribution is -2.32. The second-order valence-electron chi connectivity index (χ2n) is 6.82. The summed E-state index contributed by atoms with van der Waals surface area (Å²) >= 11 is 0. The van der Waals surface area contributed by atoms with Crippen LogP contribution in [-0.4, -0.2) is 21.7 Å². The van der Waals surface area contributed by atoms with Crippen LogP contribution in [0.25, 0.3) is 4.85 Å². The number of para-hydroxylation sites is 1. The van der Waals surface area contributed by atoms with E-state index in [1.165, 1.54) is 6.07 Å². The highest BCUT2D eigenvalue weighted by Crippen LogP contribution is 2.30. The Morgan fingerprint density at radius 1 is 1.18 bits per heavy atom. The van der Waals surface area contributed by atoms with Gasteiger partial charge in [-0.3, -0.25) is 4.98 Å². The van der Waals surface area contributed by atoms with Crippen LogP contribution in [-0.2, 0) is 13.0 Å². The Kier molecular flexibility index (Phi) is 4.62. The molecule has 0 unspecified atom stereocenters. The summed E-state index contributed by atoms with van der Waals surface area (Å²) in [6, 6.07) is 8.57. The predicted molar refractivity (Wildman–Crippen MR) is 106 cm³/mol. The molecule has 1 aliphatic rings. The second-order valence-corrected chi connectivity index (χ2v) is 6.82. The average Bonchev–Trinajstić information content (AvgIpc) is 2.71. The zero-order valence-electron chi connectivity index (χ0n) is 15.7. The molecular formula is C21H19FN6. The number of hydrogen-bond donors (Lipinski definition) is 1. The number of hydrogen-bond acceptors (Lipinski definition) is 5. The fourth-order valence-corrected chi connectivity index (χ4v) is 3.38. The van der Waals surface area contributed by atoms with Crippen LogP contribution < -0.4 is 10.2 Å². The Balaban J connectivity index is 1.61. The van der Waals surface area contributed by atoms with Crippen molar-refractivity contribution in [1.29, 1.82) is 0 Å². The Morgan fingerprint density at radius 3 is 2.79 bits per heavy atom. The lowest BCUT2D eigenvalue weighted by Gasteiger charge is -2.30. The molecule has 0 radical (unpaired) electrons. The molecular weight excluding hydrogens is 355 g/mol. The van der Waals surface area contributed by atoms with Crippen molar-refractivity contribution in [2.45, 2.75) is 26.8 Å². The standard InChI is InChI=1S/C21H19FN6/c1-13-14(2)21(27-26-20(13)23-3)28-9-8-18-15(12-28)10-16(11-24-18)25-19-7-5-4-6-17(19)22/h4-7,10-11,25H,8-9,12H2,1-2H3. The zero-order valence-corrected chi connectivity index (χ0v) is 15.7. The summed E-state index contributed by atoms with van der Waals surface area (Å²) < 4.78 is 13.9. The molecule has 140 valence electrons. The van der Waals surface area contributed by atoms with Crippen LogP contribution in [0.5, 0.6) is 0 Å². The third kappa shape index (κ3) is 3.25. The molecule has 0 spiro atoms. The van der Waals surface area contributed by atoms with E-state index in [2.05, 4.69) is 30.2 Å². The highest BCUT2D eigenvalue weighted by Gasteiger charge is 2.23. The van der Waals surface area contributed by atoms with Gasteiger partial charge in [-0.15, -0.1) is 0 Å². The number of benzene rings is 1. The molecule has 2 aromatic heterocycles. The fraction of sp³-hybridized carbons (Fsp3) is 0.238. The van der Waals surface area contributed by atoms with E-state index in [1.807, 2.05) is 19.9 Å². The molecule has 6 nitrogen and oxygen atoms in total. The summed E-state index contributed by atoms with van der Waals surface area (Å²) in [4.78, 5) is 10.1. The molecule has 0 amide bonds. The molecule has 3 aromatic rings. The average molecular weight is 374 g/mol.